The molecule has 0 bridgehead atoms. The number of nitrogens with one attached hydrogen (secondary N) is 1. The summed E-state index contributed by atoms with van der Waals surface area (Å²) in [4.78, 5) is 32.9. The van der Waals surface area contributed by atoms with E-state index >= 15 is 0 Å². The fraction of sp³-hybridized carbons (Fsp3) is 0.172. The van der Waals surface area contributed by atoms with Crippen LogP contribution in [-0.4, -0.2) is 39.6 Å². The van der Waals surface area contributed by atoms with Crippen LogP contribution in [-0.2, 0) is 13.0 Å². The second-order valence-electron chi connectivity index (χ2n) is 9.17. The molecular formula is C29H24N4O6S. The standard InChI is InChI=1S/C29H24N4O6S/c1-16-7-8-20(27(35)30-16)23(34)10-17-5-4-6-18(9-17)15-38-24-11-19(36-2)12-25-21(24)13-26(39-25)22-14-33-28(31-22)40-29(32-33)37-3/h4-9,11-14H,10,15H2,1-3H3,(H,30,35). The minimum Gasteiger partial charge on any atom is -0.496 e. The fourth-order valence-electron chi connectivity index (χ4n) is 4.39. The van der Waals surface area contributed by atoms with E-state index in [2.05, 4.69) is 15.1 Å². The van der Waals surface area contributed by atoms with Gasteiger partial charge in [0.2, 0.25) is 4.96 Å². The third-order valence-electron chi connectivity index (χ3n) is 6.37. The molecule has 0 atom stereocenters. The Balaban J connectivity index is 1.23. The molecule has 0 fully saturated rings. The van der Waals surface area contributed by atoms with Crippen molar-refractivity contribution in [3.8, 4) is 28.1 Å². The van der Waals surface area contributed by atoms with E-state index in [4.69, 9.17) is 18.6 Å². The SMILES string of the molecule is COc1cc(OCc2cccc(CC(=O)c3ccc(C)[nH]c3=O)c2)c2cc(-c3cn4nc(OC)sc4n3)oc2c1. The first kappa shape index (κ1) is 25.4. The van der Waals surface area contributed by atoms with E-state index in [1.54, 1.807) is 56.1 Å². The Labute approximate surface area is 231 Å². The van der Waals surface area contributed by atoms with Gasteiger partial charge in [0.05, 0.1) is 31.4 Å². The predicted octanol–water partition coefficient (Wildman–Crippen LogP) is 5.22. The molecule has 40 heavy (non-hydrogen) atoms. The number of rotatable bonds is 9. The lowest BCUT2D eigenvalue weighted by Crippen LogP contribution is -2.19. The van der Waals surface area contributed by atoms with Gasteiger partial charge in [0.15, 0.2) is 11.5 Å². The van der Waals surface area contributed by atoms with Crippen molar-refractivity contribution in [2.24, 2.45) is 0 Å². The number of carbonyl (C=O) groups is 1. The zero-order valence-corrected chi connectivity index (χ0v) is 22.7. The van der Waals surface area contributed by atoms with Crippen molar-refractivity contribution in [1.82, 2.24) is 19.6 Å². The molecule has 0 saturated heterocycles. The number of fused-ring (bicyclic) bond motifs is 2. The van der Waals surface area contributed by atoms with Gasteiger partial charge < -0.3 is 23.6 Å². The molecule has 0 aliphatic carbocycles. The van der Waals surface area contributed by atoms with E-state index in [0.717, 1.165) is 16.5 Å². The number of methoxy groups -OCH3 is 2. The van der Waals surface area contributed by atoms with Crippen LogP contribution in [0.3, 0.4) is 0 Å². The van der Waals surface area contributed by atoms with Crippen molar-refractivity contribution in [1.29, 1.82) is 0 Å². The van der Waals surface area contributed by atoms with Gasteiger partial charge in [-0.3, -0.25) is 9.59 Å². The van der Waals surface area contributed by atoms with Crippen LogP contribution in [0.25, 0.3) is 27.4 Å². The van der Waals surface area contributed by atoms with E-state index in [-0.39, 0.29) is 29.9 Å². The highest BCUT2D eigenvalue weighted by Crippen LogP contribution is 2.37. The van der Waals surface area contributed by atoms with Crippen LogP contribution in [0.4, 0.5) is 0 Å². The summed E-state index contributed by atoms with van der Waals surface area (Å²) in [5.41, 5.74) is 3.36. The van der Waals surface area contributed by atoms with Gasteiger partial charge in [-0.05, 0) is 47.6 Å². The number of hydrogen-bond acceptors (Lipinski definition) is 9. The summed E-state index contributed by atoms with van der Waals surface area (Å²) in [6.07, 6.45) is 1.89. The number of aromatic amines is 1. The number of pyridine rings is 1. The maximum Gasteiger partial charge on any atom is 0.294 e. The fourth-order valence-corrected chi connectivity index (χ4v) is 5.09. The average molecular weight is 557 g/mol. The molecule has 1 N–H and O–H groups in total. The van der Waals surface area contributed by atoms with E-state index < -0.39 is 0 Å². The number of H-pyrrole nitrogens is 1. The lowest BCUT2D eigenvalue weighted by atomic mass is 10.0. The Hall–Kier alpha value is -4.90. The zero-order valence-electron chi connectivity index (χ0n) is 21.9. The highest BCUT2D eigenvalue weighted by atomic mass is 32.1. The number of Topliss-reactive ketones (excluding diaryl/α,β-unsaturated/α-hetero) is 1. The summed E-state index contributed by atoms with van der Waals surface area (Å²) in [5, 5.41) is 5.61. The Morgan fingerprint density at radius 2 is 1.93 bits per heavy atom. The first-order chi connectivity index (χ1) is 19.4. The zero-order chi connectivity index (χ0) is 27.8. The van der Waals surface area contributed by atoms with Gasteiger partial charge in [0.25, 0.3) is 10.8 Å². The van der Waals surface area contributed by atoms with Crippen molar-refractivity contribution >= 4 is 33.1 Å². The summed E-state index contributed by atoms with van der Waals surface area (Å²) < 4.78 is 24.6. The number of benzene rings is 2. The first-order valence-corrected chi connectivity index (χ1v) is 13.2. The first-order valence-electron chi connectivity index (χ1n) is 12.4. The number of aromatic nitrogens is 4. The maximum atomic E-state index is 12.8. The van der Waals surface area contributed by atoms with Crippen LogP contribution in [0.1, 0.15) is 27.2 Å². The molecule has 2 aromatic carbocycles. The second-order valence-corrected chi connectivity index (χ2v) is 10.1. The van der Waals surface area contributed by atoms with Crippen LogP contribution < -0.4 is 19.8 Å². The molecular weight excluding hydrogens is 532 g/mol. The Morgan fingerprint density at radius 3 is 2.70 bits per heavy atom. The van der Waals surface area contributed by atoms with Crippen LogP contribution in [0.15, 0.2) is 70.0 Å². The van der Waals surface area contributed by atoms with Crippen molar-refractivity contribution in [3.63, 3.8) is 0 Å². The largest absolute Gasteiger partial charge is 0.496 e. The molecule has 0 radical (unpaired) electrons. The van der Waals surface area contributed by atoms with Crippen LogP contribution in [0.5, 0.6) is 16.7 Å². The number of aryl methyl sites for hydroxylation is 1. The van der Waals surface area contributed by atoms with Gasteiger partial charge in [0, 0.05) is 24.2 Å². The quantitative estimate of drug-likeness (QED) is 0.241. The molecule has 0 aliphatic rings. The number of ether oxygens (including phenoxy) is 3. The molecule has 0 amide bonds. The molecule has 0 spiro atoms. The molecule has 6 aromatic rings. The summed E-state index contributed by atoms with van der Waals surface area (Å²) >= 11 is 1.33. The smallest absolute Gasteiger partial charge is 0.294 e. The average Bonchev–Trinajstić information content (AvgIpc) is 3.64. The van der Waals surface area contributed by atoms with Gasteiger partial charge in [-0.15, -0.1) is 5.10 Å². The number of nitrogens with zero attached hydrogens (tertiary/aromatic N) is 3. The molecule has 4 heterocycles. The van der Waals surface area contributed by atoms with Crippen molar-refractivity contribution < 1.29 is 23.4 Å². The number of carbonyl (C=O) groups excluding carboxylic acids is 1. The normalized spacial score (nSPS) is 11.3. The Morgan fingerprint density at radius 1 is 1.07 bits per heavy atom. The monoisotopic (exact) mass is 556 g/mol. The summed E-state index contributed by atoms with van der Waals surface area (Å²) in [6, 6.07) is 16.3. The molecule has 202 valence electrons. The molecule has 10 nitrogen and oxygen atoms in total. The van der Waals surface area contributed by atoms with Crippen molar-refractivity contribution in [2.75, 3.05) is 14.2 Å². The molecule has 0 unspecified atom stereocenters. The predicted molar refractivity (Wildman–Crippen MR) is 150 cm³/mol. The minimum atomic E-state index is -0.377. The summed E-state index contributed by atoms with van der Waals surface area (Å²) in [7, 11) is 3.15. The lowest BCUT2D eigenvalue weighted by Gasteiger charge is -2.10. The number of imidazole rings is 1. The van der Waals surface area contributed by atoms with E-state index in [0.29, 0.717) is 44.4 Å². The molecule has 0 saturated carbocycles. The van der Waals surface area contributed by atoms with Gasteiger partial charge in [-0.2, -0.15) is 0 Å². The van der Waals surface area contributed by atoms with Crippen LogP contribution >= 0.6 is 11.3 Å². The molecule has 6 rings (SSSR count). The molecule has 4 aromatic heterocycles. The topological polar surface area (TPSA) is 121 Å². The van der Waals surface area contributed by atoms with Gasteiger partial charge in [0.1, 0.15) is 29.4 Å². The Kier molecular flexibility index (Phi) is 6.56. The number of hydrogen-bond donors (Lipinski definition) is 1. The minimum absolute atomic E-state index is 0.108. The highest BCUT2D eigenvalue weighted by Gasteiger charge is 2.17. The third kappa shape index (κ3) is 4.94. The maximum absolute atomic E-state index is 12.8. The number of ketones is 1. The van der Waals surface area contributed by atoms with Gasteiger partial charge in [-0.1, -0.05) is 24.3 Å². The third-order valence-corrected chi connectivity index (χ3v) is 7.25. The summed E-state index contributed by atoms with van der Waals surface area (Å²) in [6.45, 7) is 2.02. The van der Waals surface area contributed by atoms with Crippen molar-refractivity contribution in [3.05, 3.63) is 93.5 Å². The van der Waals surface area contributed by atoms with Crippen LogP contribution in [0, 0.1) is 6.92 Å². The van der Waals surface area contributed by atoms with E-state index in [9.17, 15) is 9.59 Å². The van der Waals surface area contributed by atoms with E-state index in [1.165, 1.54) is 11.3 Å². The van der Waals surface area contributed by atoms with Gasteiger partial charge >= 0.3 is 0 Å². The number of furan rings is 1. The Bertz CT molecular complexity index is 1900. The highest BCUT2D eigenvalue weighted by molar-refractivity contribution is 7.18. The van der Waals surface area contributed by atoms with Crippen molar-refractivity contribution in [2.45, 2.75) is 20.0 Å². The summed E-state index contributed by atoms with van der Waals surface area (Å²) in [5.74, 6) is 1.49. The van der Waals surface area contributed by atoms with Gasteiger partial charge in [-0.25, -0.2) is 9.50 Å². The van der Waals surface area contributed by atoms with E-state index in [1.807, 2.05) is 30.3 Å². The van der Waals surface area contributed by atoms with Crippen LogP contribution in [0.2, 0.25) is 0 Å². The molecule has 11 heteroatoms. The second kappa shape index (κ2) is 10.3. The lowest BCUT2D eigenvalue weighted by molar-refractivity contribution is 0.0991. The molecule has 0 aliphatic heterocycles.